The van der Waals surface area contributed by atoms with Gasteiger partial charge in [0.25, 0.3) is 10.0 Å². The lowest BCUT2D eigenvalue weighted by atomic mass is 10.0. The number of fused-ring (bicyclic) bond motifs is 1. The van der Waals surface area contributed by atoms with Crippen LogP contribution in [0.1, 0.15) is 20.8 Å². The zero-order valence-corrected chi connectivity index (χ0v) is 25.7. The molecule has 1 amide bonds. The number of sulfonamides is 1. The van der Waals surface area contributed by atoms with E-state index < -0.39 is 32.2 Å². The Kier molecular flexibility index (Phi) is 8.30. The Labute approximate surface area is 254 Å². The number of rotatable bonds is 6. The predicted molar refractivity (Wildman–Crippen MR) is 161 cm³/mol. The minimum atomic E-state index is -4.66. The van der Waals surface area contributed by atoms with Gasteiger partial charge in [0.2, 0.25) is 5.88 Å². The Bertz CT molecular complexity index is 1800. The smallest absolute Gasteiger partial charge is 0.410 e. The van der Waals surface area contributed by atoms with Gasteiger partial charge in [0.15, 0.2) is 4.90 Å². The van der Waals surface area contributed by atoms with Crippen molar-refractivity contribution in [2.24, 2.45) is 0 Å². The Balaban J connectivity index is 1.47. The van der Waals surface area contributed by atoms with Crippen molar-refractivity contribution in [3.63, 3.8) is 0 Å². The molecule has 2 aromatic heterocycles. The monoisotopic (exact) mass is 626 g/mol. The van der Waals surface area contributed by atoms with Crippen molar-refractivity contribution in [2.75, 3.05) is 49.5 Å². The van der Waals surface area contributed by atoms with Gasteiger partial charge in [-0.1, -0.05) is 12.1 Å². The number of piperazine rings is 1. The van der Waals surface area contributed by atoms with E-state index in [2.05, 4.69) is 19.9 Å². The van der Waals surface area contributed by atoms with Crippen LogP contribution < -0.4 is 13.9 Å². The van der Waals surface area contributed by atoms with Crippen LogP contribution in [-0.4, -0.2) is 80.3 Å². The van der Waals surface area contributed by atoms with E-state index in [-0.39, 0.29) is 17.7 Å². The molecule has 4 aromatic rings. The van der Waals surface area contributed by atoms with Gasteiger partial charge in [-0.25, -0.2) is 36.9 Å². The maximum Gasteiger partial charge on any atom is 0.410 e. The van der Waals surface area contributed by atoms with E-state index in [1.165, 1.54) is 32.7 Å². The number of hydrogen-bond donors (Lipinski definition) is 0. The molecule has 5 rings (SSSR count). The summed E-state index contributed by atoms with van der Waals surface area (Å²) in [6.07, 6.45) is 2.63. The zero-order chi connectivity index (χ0) is 31.8. The van der Waals surface area contributed by atoms with Gasteiger partial charge in [-0.2, -0.15) is 0 Å². The van der Waals surface area contributed by atoms with E-state index in [1.54, 1.807) is 11.0 Å². The van der Waals surface area contributed by atoms with Crippen LogP contribution in [0.15, 0.2) is 59.9 Å². The highest BCUT2D eigenvalue weighted by Crippen LogP contribution is 2.36. The number of carbonyl (C=O) groups excluding carboxylic acids is 1. The molecule has 14 heteroatoms. The standard InChI is InChI=1S/C30H32F2N6O5S/c1-30(2,3)43-29(39)38-13-11-37(12-14-38)27-21-15-19(9-10-24(21)34-18-35-27)20-16-25(28(42-5)33-17-20)36(4)44(40,41)26-22(31)7-6-8-23(26)32/h6-10,15-18H,11-14H2,1-5H3. The number of amides is 1. The van der Waals surface area contributed by atoms with E-state index in [0.717, 1.165) is 27.9 Å². The number of halogens is 2. The van der Waals surface area contributed by atoms with Gasteiger partial charge < -0.3 is 19.3 Å². The normalized spacial score (nSPS) is 14.1. The summed E-state index contributed by atoms with van der Waals surface area (Å²) in [5.41, 5.74) is 1.26. The van der Waals surface area contributed by atoms with Crippen LogP contribution in [0.2, 0.25) is 0 Å². The lowest BCUT2D eigenvalue weighted by molar-refractivity contribution is 0.0240. The molecular formula is C30H32F2N6O5S. The minimum Gasteiger partial charge on any atom is -0.479 e. The maximum atomic E-state index is 14.5. The van der Waals surface area contributed by atoms with E-state index in [9.17, 15) is 22.0 Å². The summed E-state index contributed by atoms with van der Waals surface area (Å²) in [6, 6.07) is 9.84. The minimum absolute atomic E-state index is 0.0180. The molecule has 1 fully saturated rings. The molecule has 232 valence electrons. The Morgan fingerprint density at radius 1 is 0.955 bits per heavy atom. The number of methoxy groups -OCH3 is 1. The Hall–Kier alpha value is -4.59. The number of ether oxygens (including phenoxy) is 2. The molecule has 1 saturated heterocycles. The highest BCUT2D eigenvalue weighted by molar-refractivity contribution is 7.92. The molecule has 3 heterocycles. The number of benzene rings is 2. The summed E-state index contributed by atoms with van der Waals surface area (Å²) in [7, 11) is -2.17. The second-order valence-corrected chi connectivity index (χ2v) is 13.1. The lowest BCUT2D eigenvalue weighted by Gasteiger charge is -2.36. The number of nitrogens with zero attached hydrogens (tertiary/aromatic N) is 6. The van der Waals surface area contributed by atoms with Crippen molar-refractivity contribution in [2.45, 2.75) is 31.3 Å². The molecule has 2 aromatic carbocycles. The fourth-order valence-corrected chi connectivity index (χ4v) is 6.17. The third-order valence-corrected chi connectivity index (χ3v) is 8.90. The van der Waals surface area contributed by atoms with Gasteiger partial charge >= 0.3 is 6.09 Å². The topological polar surface area (TPSA) is 118 Å². The van der Waals surface area contributed by atoms with Gasteiger partial charge in [0.05, 0.1) is 12.6 Å². The summed E-state index contributed by atoms with van der Waals surface area (Å²) in [6.45, 7) is 7.44. The highest BCUT2D eigenvalue weighted by Gasteiger charge is 2.31. The van der Waals surface area contributed by atoms with Crippen LogP contribution in [-0.2, 0) is 14.8 Å². The van der Waals surface area contributed by atoms with Gasteiger partial charge in [0, 0.05) is 50.4 Å². The number of hydrogen-bond acceptors (Lipinski definition) is 9. The second-order valence-electron chi connectivity index (χ2n) is 11.2. The van der Waals surface area contributed by atoms with Crippen LogP contribution in [0.4, 0.5) is 25.1 Å². The summed E-state index contributed by atoms with van der Waals surface area (Å²) in [5, 5.41) is 0.738. The van der Waals surface area contributed by atoms with Crippen LogP contribution in [0, 0.1) is 11.6 Å². The van der Waals surface area contributed by atoms with Gasteiger partial charge in [-0.3, -0.25) is 4.31 Å². The number of pyridine rings is 1. The third-order valence-electron chi connectivity index (χ3n) is 7.08. The van der Waals surface area contributed by atoms with E-state index in [4.69, 9.17) is 9.47 Å². The molecule has 44 heavy (non-hydrogen) atoms. The molecule has 0 N–H and O–H groups in total. The molecule has 0 bridgehead atoms. The van der Waals surface area contributed by atoms with E-state index in [1.807, 2.05) is 32.9 Å². The molecule has 1 aliphatic heterocycles. The first-order chi connectivity index (χ1) is 20.8. The zero-order valence-electron chi connectivity index (χ0n) is 24.9. The second kappa shape index (κ2) is 11.8. The number of aromatic nitrogens is 3. The van der Waals surface area contributed by atoms with Gasteiger partial charge in [0.1, 0.15) is 35.1 Å². The average molecular weight is 627 g/mol. The maximum absolute atomic E-state index is 14.5. The van der Waals surface area contributed by atoms with Crippen LogP contribution in [0.3, 0.4) is 0 Å². The molecule has 0 atom stereocenters. The van der Waals surface area contributed by atoms with Gasteiger partial charge in [-0.15, -0.1) is 0 Å². The van der Waals surface area contributed by atoms with Crippen LogP contribution >= 0.6 is 0 Å². The van der Waals surface area contributed by atoms with Crippen LogP contribution in [0.5, 0.6) is 5.88 Å². The molecule has 11 nitrogen and oxygen atoms in total. The van der Waals surface area contributed by atoms with Gasteiger partial charge in [-0.05, 0) is 56.7 Å². The third kappa shape index (κ3) is 6.07. The summed E-state index contributed by atoms with van der Waals surface area (Å²) in [4.78, 5) is 28.4. The fourth-order valence-electron chi connectivity index (χ4n) is 4.88. The number of carbonyl (C=O) groups is 1. The summed E-state index contributed by atoms with van der Waals surface area (Å²) >= 11 is 0. The summed E-state index contributed by atoms with van der Waals surface area (Å²) in [5.74, 6) is -1.80. The highest BCUT2D eigenvalue weighted by atomic mass is 32.2. The first-order valence-electron chi connectivity index (χ1n) is 13.7. The molecule has 0 spiro atoms. The molecule has 0 radical (unpaired) electrons. The van der Waals surface area contributed by atoms with Crippen molar-refractivity contribution in [3.05, 3.63) is 66.6 Å². The Morgan fingerprint density at radius 3 is 2.27 bits per heavy atom. The van der Waals surface area contributed by atoms with Crippen molar-refractivity contribution in [1.29, 1.82) is 0 Å². The summed E-state index contributed by atoms with van der Waals surface area (Å²) < 4.78 is 67.2. The number of anilines is 2. The molecule has 0 unspecified atom stereocenters. The quantitative estimate of drug-likeness (QED) is 0.296. The van der Waals surface area contributed by atoms with E-state index >= 15 is 0 Å². The van der Waals surface area contributed by atoms with Crippen molar-refractivity contribution in [1.82, 2.24) is 19.9 Å². The van der Waals surface area contributed by atoms with E-state index in [0.29, 0.717) is 48.6 Å². The fraction of sp³-hybridized carbons (Fsp3) is 0.333. The molecule has 0 saturated carbocycles. The molecule has 1 aliphatic rings. The lowest BCUT2D eigenvalue weighted by Crippen LogP contribution is -2.50. The SMILES string of the molecule is COc1ncc(-c2ccc3ncnc(N4CCN(C(=O)OC(C)(C)C)CC4)c3c2)cc1N(C)S(=O)(=O)c1c(F)cccc1F. The largest absolute Gasteiger partial charge is 0.479 e. The first kappa shape index (κ1) is 30.9. The van der Waals surface area contributed by atoms with Crippen molar-refractivity contribution in [3.8, 4) is 17.0 Å². The molecular weight excluding hydrogens is 594 g/mol. The molecule has 0 aliphatic carbocycles. The van der Waals surface area contributed by atoms with Crippen molar-refractivity contribution >= 4 is 38.5 Å². The average Bonchev–Trinajstić information content (AvgIpc) is 2.99. The first-order valence-corrected chi connectivity index (χ1v) is 15.2. The van der Waals surface area contributed by atoms with Crippen LogP contribution in [0.25, 0.3) is 22.0 Å². The predicted octanol–water partition coefficient (Wildman–Crippen LogP) is 4.86. The van der Waals surface area contributed by atoms with Crippen molar-refractivity contribution < 1.29 is 31.5 Å². The Morgan fingerprint density at radius 2 is 1.64 bits per heavy atom.